The van der Waals surface area contributed by atoms with Crippen LogP contribution in [-0.4, -0.2) is 51.8 Å². The lowest BCUT2D eigenvalue weighted by molar-refractivity contribution is -0.155. The van der Waals surface area contributed by atoms with Gasteiger partial charge >= 0.3 is 12.0 Å². The van der Waals surface area contributed by atoms with Gasteiger partial charge in [-0.05, 0) is 26.2 Å². The summed E-state index contributed by atoms with van der Waals surface area (Å²) in [5.41, 5.74) is -1.93. The van der Waals surface area contributed by atoms with E-state index in [2.05, 4.69) is 5.32 Å². The highest BCUT2D eigenvalue weighted by atomic mass is 16.4. The number of amides is 2. The number of carboxylic acid groups (broad SMARTS) is 1. The molecule has 0 spiro atoms. The van der Waals surface area contributed by atoms with Crippen molar-refractivity contribution in [1.82, 2.24) is 10.2 Å². The first-order chi connectivity index (χ1) is 8.88. The number of carbonyl (C=O) groups is 2. The molecule has 0 radical (unpaired) electrons. The number of nitrogens with one attached hydrogen (secondary N) is 1. The topological polar surface area (TPSA) is 89.9 Å². The van der Waals surface area contributed by atoms with Crippen molar-refractivity contribution in [3.63, 3.8) is 0 Å². The second kappa shape index (κ2) is 6.75. The number of rotatable bonds is 4. The van der Waals surface area contributed by atoms with Gasteiger partial charge in [-0.1, -0.05) is 19.8 Å². The fraction of sp³-hybridized carbons (Fsp3) is 0.846. The van der Waals surface area contributed by atoms with Crippen LogP contribution in [0.4, 0.5) is 4.79 Å². The quantitative estimate of drug-likeness (QED) is 0.717. The molecule has 0 saturated carbocycles. The average Bonchev–Trinajstić information content (AvgIpc) is 2.60. The maximum absolute atomic E-state index is 12.1. The van der Waals surface area contributed by atoms with Gasteiger partial charge in [-0.3, -0.25) is 0 Å². The Balaban J connectivity index is 2.57. The van der Waals surface area contributed by atoms with Gasteiger partial charge in [0.25, 0.3) is 0 Å². The Morgan fingerprint density at radius 3 is 2.63 bits per heavy atom. The minimum atomic E-state index is -1.93. The third-order valence-corrected chi connectivity index (χ3v) is 3.65. The number of urea groups is 1. The summed E-state index contributed by atoms with van der Waals surface area (Å²) in [6.45, 7) is 3.63. The molecular formula is C13H24N2O4. The molecule has 2 unspecified atom stereocenters. The summed E-state index contributed by atoms with van der Waals surface area (Å²) in [6.07, 6.45) is 5.09. The molecule has 0 aromatic rings. The normalized spacial score (nSPS) is 23.3. The van der Waals surface area contributed by atoms with Crippen LogP contribution in [-0.2, 0) is 4.79 Å². The van der Waals surface area contributed by atoms with Crippen molar-refractivity contribution in [3.05, 3.63) is 0 Å². The molecule has 110 valence electrons. The maximum atomic E-state index is 12.1. The van der Waals surface area contributed by atoms with E-state index in [0.29, 0.717) is 6.54 Å². The number of nitrogens with zero attached hydrogens (tertiary/aromatic N) is 1. The van der Waals surface area contributed by atoms with Crippen molar-refractivity contribution in [3.8, 4) is 0 Å². The minimum Gasteiger partial charge on any atom is -0.479 e. The van der Waals surface area contributed by atoms with Crippen LogP contribution in [0.5, 0.6) is 0 Å². The highest BCUT2D eigenvalue weighted by Crippen LogP contribution is 2.19. The summed E-state index contributed by atoms with van der Waals surface area (Å²) in [4.78, 5) is 24.6. The second-order valence-corrected chi connectivity index (χ2v) is 5.34. The number of hydrogen-bond acceptors (Lipinski definition) is 3. The Morgan fingerprint density at radius 1 is 1.37 bits per heavy atom. The Labute approximate surface area is 113 Å². The Kier molecular flexibility index (Phi) is 5.60. The van der Waals surface area contributed by atoms with Gasteiger partial charge in [-0.15, -0.1) is 0 Å². The largest absolute Gasteiger partial charge is 0.479 e. The molecule has 0 aromatic heterocycles. The van der Waals surface area contributed by atoms with Gasteiger partial charge in [0, 0.05) is 12.6 Å². The molecule has 0 bridgehead atoms. The van der Waals surface area contributed by atoms with Crippen molar-refractivity contribution in [1.29, 1.82) is 0 Å². The molecule has 1 fully saturated rings. The van der Waals surface area contributed by atoms with E-state index in [1.54, 1.807) is 4.90 Å². The number of aliphatic carboxylic acids is 1. The Bertz CT molecular complexity index is 331. The van der Waals surface area contributed by atoms with Crippen molar-refractivity contribution < 1.29 is 19.8 Å². The zero-order valence-corrected chi connectivity index (χ0v) is 11.7. The number of carbonyl (C=O) groups excluding carboxylic acids is 1. The molecule has 1 heterocycles. The van der Waals surface area contributed by atoms with Crippen molar-refractivity contribution in [2.75, 3.05) is 13.1 Å². The molecule has 1 aliphatic rings. The summed E-state index contributed by atoms with van der Waals surface area (Å²) >= 11 is 0. The molecule has 2 amide bonds. The third kappa shape index (κ3) is 4.38. The SMILES string of the molecule is CCC1CCCCCN1C(=O)NCC(C)(O)C(=O)O. The molecule has 6 heteroatoms. The van der Waals surface area contributed by atoms with Crippen LogP contribution in [0.1, 0.15) is 46.0 Å². The summed E-state index contributed by atoms with van der Waals surface area (Å²) in [7, 11) is 0. The second-order valence-electron chi connectivity index (χ2n) is 5.34. The predicted octanol–water partition coefficient (Wildman–Crippen LogP) is 1.19. The zero-order chi connectivity index (χ0) is 14.5. The van der Waals surface area contributed by atoms with Gasteiger partial charge < -0.3 is 20.4 Å². The summed E-state index contributed by atoms with van der Waals surface area (Å²) in [5.74, 6) is -1.34. The van der Waals surface area contributed by atoms with E-state index in [-0.39, 0.29) is 18.6 Å². The van der Waals surface area contributed by atoms with E-state index in [1.807, 2.05) is 6.92 Å². The van der Waals surface area contributed by atoms with Gasteiger partial charge in [0.05, 0.1) is 6.54 Å². The fourth-order valence-electron chi connectivity index (χ4n) is 2.29. The fourth-order valence-corrected chi connectivity index (χ4v) is 2.29. The molecule has 1 rings (SSSR count). The van der Waals surface area contributed by atoms with E-state index in [1.165, 1.54) is 6.92 Å². The number of likely N-dealkylation sites (tertiary alicyclic amines) is 1. The van der Waals surface area contributed by atoms with Crippen LogP contribution in [0.25, 0.3) is 0 Å². The van der Waals surface area contributed by atoms with Crippen LogP contribution >= 0.6 is 0 Å². The lowest BCUT2D eigenvalue weighted by atomic mass is 10.1. The molecule has 19 heavy (non-hydrogen) atoms. The van der Waals surface area contributed by atoms with E-state index in [4.69, 9.17) is 5.11 Å². The van der Waals surface area contributed by atoms with E-state index >= 15 is 0 Å². The van der Waals surface area contributed by atoms with Crippen molar-refractivity contribution in [2.45, 2.75) is 57.6 Å². The minimum absolute atomic E-state index is 0.206. The first-order valence-electron chi connectivity index (χ1n) is 6.88. The average molecular weight is 272 g/mol. The summed E-state index contributed by atoms with van der Waals surface area (Å²) in [5, 5.41) is 20.9. The first kappa shape index (κ1) is 15.8. The highest BCUT2D eigenvalue weighted by Gasteiger charge is 2.32. The van der Waals surface area contributed by atoms with Gasteiger partial charge in [0.15, 0.2) is 5.60 Å². The third-order valence-electron chi connectivity index (χ3n) is 3.65. The summed E-state index contributed by atoms with van der Waals surface area (Å²) < 4.78 is 0. The lowest BCUT2D eigenvalue weighted by Gasteiger charge is -2.30. The molecule has 0 aliphatic carbocycles. The molecule has 2 atom stereocenters. The standard InChI is InChI=1S/C13H24N2O4/c1-3-10-7-5-4-6-8-15(10)12(18)14-9-13(2,19)11(16)17/h10,19H,3-9H2,1-2H3,(H,14,18)(H,16,17). The van der Waals surface area contributed by atoms with Crippen LogP contribution < -0.4 is 5.32 Å². The van der Waals surface area contributed by atoms with Gasteiger partial charge in [0.1, 0.15) is 0 Å². The maximum Gasteiger partial charge on any atom is 0.337 e. The number of carboxylic acids is 1. The van der Waals surface area contributed by atoms with E-state index in [9.17, 15) is 14.7 Å². The van der Waals surface area contributed by atoms with Gasteiger partial charge in [-0.25, -0.2) is 9.59 Å². The molecule has 1 aliphatic heterocycles. The van der Waals surface area contributed by atoms with Crippen LogP contribution in [0.2, 0.25) is 0 Å². The van der Waals surface area contributed by atoms with E-state index < -0.39 is 11.6 Å². The zero-order valence-electron chi connectivity index (χ0n) is 11.7. The molecule has 6 nitrogen and oxygen atoms in total. The highest BCUT2D eigenvalue weighted by molar-refractivity contribution is 5.79. The Morgan fingerprint density at radius 2 is 2.05 bits per heavy atom. The monoisotopic (exact) mass is 272 g/mol. The van der Waals surface area contributed by atoms with Crippen LogP contribution in [0.15, 0.2) is 0 Å². The van der Waals surface area contributed by atoms with Crippen molar-refractivity contribution in [2.24, 2.45) is 0 Å². The smallest absolute Gasteiger partial charge is 0.337 e. The predicted molar refractivity (Wildman–Crippen MR) is 70.9 cm³/mol. The number of hydrogen-bond donors (Lipinski definition) is 3. The van der Waals surface area contributed by atoms with Crippen LogP contribution in [0.3, 0.4) is 0 Å². The van der Waals surface area contributed by atoms with Crippen LogP contribution in [0, 0.1) is 0 Å². The van der Waals surface area contributed by atoms with E-state index in [0.717, 1.165) is 32.1 Å². The molecular weight excluding hydrogens is 248 g/mol. The molecule has 3 N–H and O–H groups in total. The molecule has 0 aromatic carbocycles. The van der Waals surface area contributed by atoms with Crippen molar-refractivity contribution >= 4 is 12.0 Å². The Hall–Kier alpha value is -1.30. The lowest BCUT2D eigenvalue weighted by Crippen LogP contribution is -2.52. The first-order valence-corrected chi connectivity index (χ1v) is 6.88. The molecule has 1 saturated heterocycles. The number of aliphatic hydroxyl groups is 1. The van der Waals surface area contributed by atoms with Gasteiger partial charge in [-0.2, -0.15) is 0 Å². The summed E-state index contributed by atoms with van der Waals surface area (Å²) in [6, 6.07) is -0.0763. The van der Waals surface area contributed by atoms with Gasteiger partial charge in [0.2, 0.25) is 0 Å².